The number of hydrogen-bond acceptors (Lipinski definition) is 5. The number of amides is 2. The maximum atomic E-state index is 12.7. The lowest BCUT2D eigenvalue weighted by Crippen LogP contribution is -2.43. The second-order valence-electron chi connectivity index (χ2n) is 9.04. The molecule has 0 saturated carbocycles. The van der Waals surface area contributed by atoms with Crippen molar-refractivity contribution in [2.75, 3.05) is 50.6 Å². The zero-order valence-corrected chi connectivity index (χ0v) is 19.8. The first-order chi connectivity index (χ1) is 16.0. The van der Waals surface area contributed by atoms with E-state index in [9.17, 15) is 9.59 Å². The Hall–Kier alpha value is -3.06. The second-order valence-corrected chi connectivity index (χ2v) is 9.04. The van der Waals surface area contributed by atoms with Gasteiger partial charge in [-0.15, -0.1) is 0 Å². The van der Waals surface area contributed by atoms with Crippen LogP contribution in [0.5, 0.6) is 5.75 Å². The molecule has 0 aliphatic carbocycles. The molecule has 0 radical (unpaired) electrons. The lowest BCUT2D eigenvalue weighted by Gasteiger charge is -2.35. The zero-order chi connectivity index (χ0) is 23.4. The first-order valence-corrected chi connectivity index (χ1v) is 11.8. The Kier molecular flexibility index (Phi) is 7.18. The van der Waals surface area contributed by atoms with Gasteiger partial charge in [-0.2, -0.15) is 0 Å². The Morgan fingerprint density at radius 2 is 1.82 bits per heavy atom. The molecule has 7 heteroatoms. The predicted octanol–water partition coefficient (Wildman–Crippen LogP) is 3.28. The van der Waals surface area contributed by atoms with Crippen LogP contribution in [0.1, 0.15) is 42.0 Å². The largest absolute Gasteiger partial charge is 0.495 e. The van der Waals surface area contributed by atoms with E-state index in [1.54, 1.807) is 12.1 Å². The minimum absolute atomic E-state index is 0.0479. The normalized spacial score (nSPS) is 16.8. The summed E-state index contributed by atoms with van der Waals surface area (Å²) < 4.78 is 5.30. The summed E-state index contributed by atoms with van der Waals surface area (Å²) in [6.07, 6.45) is 4.60. The molecule has 2 aromatic rings. The molecular formula is C26H34N4O3. The Balaban J connectivity index is 1.46. The standard InChI is InChI=1S/C26H34N4O3/c1-18-7-10-24(33-3)21(15-18)28-26(32)25(31)27-17-23(30-12-5-4-6-13-30)19-8-9-22-20(16-19)11-14-29(22)2/h7-10,15-16,23H,4-6,11-14,17H2,1-3H3,(H,27,31)(H,28,32). The number of piperidine rings is 1. The van der Waals surface area contributed by atoms with Crippen molar-refractivity contribution in [2.45, 2.75) is 38.6 Å². The van der Waals surface area contributed by atoms with Crippen molar-refractivity contribution in [1.82, 2.24) is 10.2 Å². The van der Waals surface area contributed by atoms with Gasteiger partial charge in [0.1, 0.15) is 5.75 Å². The van der Waals surface area contributed by atoms with E-state index in [4.69, 9.17) is 4.74 Å². The van der Waals surface area contributed by atoms with Crippen LogP contribution in [0, 0.1) is 6.92 Å². The number of aryl methyl sites for hydroxylation is 1. The number of rotatable bonds is 6. The van der Waals surface area contributed by atoms with Crippen LogP contribution in [0.4, 0.5) is 11.4 Å². The molecule has 1 unspecified atom stereocenters. The third-order valence-corrected chi connectivity index (χ3v) is 6.71. The highest BCUT2D eigenvalue weighted by Gasteiger charge is 2.26. The van der Waals surface area contributed by atoms with Crippen LogP contribution in [-0.4, -0.2) is 57.1 Å². The van der Waals surface area contributed by atoms with Crippen molar-refractivity contribution < 1.29 is 14.3 Å². The van der Waals surface area contributed by atoms with Gasteiger partial charge in [0.25, 0.3) is 0 Å². The van der Waals surface area contributed by atoms with Crippen molar-refractivity contribution in [3.63, 3.8) is 0 Å². The molecule has 1 atom stereocenters. The third-order valence-electron chi connectivity index (χ3n) is 6.71. The number of likely N-dealkylation sites (tertiary alicyclic amines) is 1. The number of ether oxygens (including phenoxy) is 1. The van der Waals surface area contributed by atoms with Crippen molar-refractivity contribution in [3.8, 4) is 5.75 Å². The second kappa shape index (κ2) is 10.3. The van der Waals surface area contributed by atoms with Crippen LogP contribution >= 0.6 is 0 Å². The highest BCUT2D eigenvalue weighted by Crippen LogP contribution is 2.32. The summed E-state index contributed by atoms with van der Waals surface area (Å²) in [5, 5.41) is 5.57. The molecule has 176 valence electrons. The van der Waals surface area contributed by atoms with Crippen LogP contribution in [-0.2, 0) is 16.0 Å². The van der Waals surface area contributed by atoms with E-state index in [1.807, 2.05) is 13.0 Å². The maximum Gasteiger partial charge on any atom is 0.313 e. The lowest BCUT2D eigenvalue weighted by atomic mass is 9.98. The minimum atomic E-state index is -0.688. The highest BCUT2D eigenvalue weighted by atomic mass is 16.5. The number of benzene rings is 2. The van der Waals surface area contributed by atoms with Crippen LogP contribution in [0.2, 0.25) is 0 Å². The number of fused-ring (bicyclic) bond motifs is 1. The summed E-state index contributed by atoms with van der Waals surface area (Å²) in [4.78, 5) is 30.0. The van der Waals surface area contributed by atoms with E-state index in [-0.39, 0.29) is 6.04 Å². The fourth-order valence-electron chi connectivity index (χ4n) is 4.85. The first-order valence-electron chi connectivity index (χ1n) is 11.8. The summed E-state index contributed by atoms with van der Waals surface area (Å²) in [6.45, 7) is 5.36. The molecule has 0 bridgehead atoms. The minimum Gasteiger partial charge on any atom is -0.495 e. The molecule has 4 rings (SSSR count). The summed E-state index contributed by atoms with van der Waals surface area (Å²) in [5.41, 5.74) is 5.30. The van der Waals surface area contributed by atoms with E-state index < -0.39 is 11.8 Å². The van der Waals surface area contributed by atoms with Crippen molar-refractivity contribution in [2.24, 2.45) is 0 Å². The maximum absolute atomic E-state index is 12.7. The van der Waals surface area contributed by atoms with Gasteiger partial charge < -0.3 is 20.3 Å². The summed E-state index contributed by atoms with van der Waals surface area (Å²) >= 11 is 0. The van der Waals surface area contributed by atoms with E-state index in [0.717, 1.165) is 44.5 Å². The molecule has 2 aliphatic heterocycles. The van der Waals surface area contributed by atoms with Crippen LogP contribution in [0.25, 0.3) is 0 Å². The number of methoxy groups -OCH3 is 1. The highest BCUT2D eigenvalue weighted by molar-refractivity contribution is 6.39. The van der Waals surface area contributed by atoms with Gasteiger partial charge in [0.15, 0.2) is 0 Å². The van der Waals surface area contributed by atoms with Gasteiger partial charge in [-0.25, -0.2) is 0 Å². The SMILES string of the molecule is COc1ccc(C)cc1NC(=O)C(=O)NCC(c1ccc2c(c1)CCN2C)N1CCCCC1. The molecule has 2 aromatic carbocycles. The number of carbonyl (C=O) groups excluding carboxylic acids is 2. The number of anilines is 2. The molecular weight excluding hydrogens is 416 g/mol. The number of carbonyl (C=O) groups is 2. The van der Waals surface area contributed by atoms with E-state index >= 15 is 0 Å². The topological polar surface area (TPSA) is 73.9 Å². The molecule has 2 aliphatic rings. The van der Waals surface area contributed by atoms with Crippen LogP contribution < -0.4 is 20.3 Å². The fourth-order valence-corrected chi connectivity index (χ4v) is 4.85. The molecule has 1 fully saturated rings. The van der Waals surface area contributed by atoms with Gasteiger partial charge in [-0.1, -0.05) is 24.6 Å². The smallest absolute Gasteiger partial charge is 0.313 e. The van der Waals surface area contributed by atoms with Gasteiger partial charge in [0, 0.05) is 25.8 Å². The summed E-state index contributed by atoms with van der Waals surface area (Å²) in [5.74, 6) is -0.801. The van der Waals surface area contributed by atoms with Crippen molar-refractivity contribution in [1.29, 1.82) is 0 Å². The Morgan fingerprint density at radius 1 is 1.03 bits per heavy atom. The molecule has 2 heterocycles. The number of nitrogens with zero attached hydrogens (tertiary/aromatic N) is 2. The fraction of sp³-hybridized carbons (Fsp3) is 0.462. The Bertz CT molecular complexity index is 1020. The summed E-state index contributed by atoms with van der Waals surface area (Å²) in [7, 11) is 3.66. The third kappa shape index (κ3) is 5.30. The molecule has 0 spiro atoms. The van der Waals surface area contributed by atoms with E-state index in [2.05, 4.69) is 45.7 Å². The molecule has 0 aromatic heterocycles. The quantitative estimate of drug-likeness (QED) is 0.661. The average molecular weight is 451 g/mol. The monoisotopic (exact) mass is 450 g/mol. The van der Waals surface area contributed by atoms with Gasteiger partial charge in [-0.05, 0) is 74.2 Å². The lowest BCUT2D eigenvalue weighted by molar-refractivity contribution is -0.136. The van der Waals surface area contributed by atoms with Crippen LogP contribution in [0.3, 0.4) is 0 Å². The van der Waals surface area contributed by atoms with Crippen molar-refractivity contribution >= 4 is 23.2 Å². The first kappa shape index (κ1) is 23.1. The number of nitrogens with one attached hydrogen (secondary N) is 2. The molecule has 2 amide bonds. The molecule has 2 N–H and O–H groups in total. The molecule has 7 nitrogen and oxygen atoms in total. The molecule has 1 saturated heterocycles. The van der Waals surface area contributed by atoms with Gasteiger partial charge in [0.05, 0.1) is 18.8 Å². The Labute approximate surface area is 196 Å². The van der Waals surface area contributed by atoms with Crippen LogP contribution in [0.15, 0.2) is 36.4 Å². The van der Waals surface area contributed by atoms with Gasteiger partial charge >= 0.3 is 11.8 Å². The molecule has 33 heavy (non-hydrogen) atoms. The van der Waals surface area contributed by atoms with E-state index in [0.29, 0.717) is 18.0 Å². The predicted molar refractivity (Wildman–Crippen MR) is 131 cm³/mol. The summed E-state index contributed by atoms with van der Waals surface area (Å²) in [6, 6.07) is 12.2. The number of likely N-dealkylation sites (N-methyl/N-ethyl adjacent to an activating group) is 1. The van der Waals surface area contributed by atoms with E-state index in [1.165, 1.54) is 30.3 Å². The van der Waals surface area contributed by atoms with Crippen molar-refractivity contribution in [3.05, 3.63) is 53.1 Å². The van der Waals surface area contributed by atoms with Gasteiger partial charge in [-0.3, -0.25) is 14.5 Å². The average Bonchev–Trinajstić information content (AvgIpc) is 3.20. The number of hydrogen-bond donors (Lipinski definition) is 2. The Morgan fingerprint density at radius 3 is 2.58 bits per heavy atom. The van der Waals surface area contributed by atoms with Gasteiger partial charge in [0.2, 0.25) is 0 Å². The zero-order valence-electron chi connectivity index (χ0n) is 19.8.